The quantitative estimate of drug-likeness (QED) is 0.142. The number of nitrogens with two attached hydrogens (primary N) is 1. The van der Waals surface area contributed by atoms with E-state index in [1.54, 1.807) is 0 Å². The van der Waals surface area contributed by atoms with Crippen LogP contribution in [0.15, 0.2) is 78.9 Å². The van der Waals surface area contributed by atoms with E-state index in [1.807, 2.05) is 56.3 Å². The van der Waals surface area contributed by atoms with Crippen LogP contribution in [-0.2, 0) is 26.7 Å². The number of hydrogen-bond donors (Lipinski definition) is 1. The molecule has 49 heavy (non-hydrogen) atoms. The smallest absolute Gasteiger partial charge is 0.202 e. The van der Waals surface area contributed by atoms with Gasteiger partial charge in [0.1, 0.15) is 11.5 Å². The zero-order chi connectivity index (χ0) is 35.8. The Morgan fingerprint density at radius 2 is 0.918 bits per heavy atom. The number of rotatable bonds is 17. The molecule has 0 saturated carbocycles. The van der Waals surface area contributed by atoms with E-state index in [4.69, 9.17) is 24.7 Å². The molecule has 0 aliphatic rings. The Bertz CT molecular complexity index is 1290. The van der Waals surface area contributed by atoms with Crippen molar-refractivity contribution in [1.29, 1.82) is 0 Å². The first kappa shape index (κ1) is 42.6. The summed E-state index contributed by atoms with van der Waals surface area (Å²) in [5.74, 6) is 0.326. The summed E-state index contributed by atoms with van der Waals surface area (Å²) in [5.41, 5.74) is 10.7. The van der Waals surface area contributed by atoms with E-state index in [9.17, 15) is 0 Å². The van der Waals surface area contributed by atoms with Gasteiger partial charge in [0, 0.05) is 25.8 Å². The molecule has 0 bridgehead atoms. The minimum Gasteiger partial charge on any atom is -0.465 e. The van der Waals surface area contributed by atoms with Gasteiger partial charge in [0.25, 0.3) is 0 Å². The highest BCUT2D eigenvalue weighted by molar-refractivity contribution is 5.85. The van der Waals surface area contributed by atoms with Gasteiger partial charge in [-0.1, -0.05) is 138 Å². The van der Waals surface area contributed by atoms with Crippen LogP contribution in [0.3, 0.4) is 0 Å². The molecule has 6 heteroatoms. The molecule has 0 saturated heterocycles. The fraction of sp³-hybridized carbons (Fsp3) is 0.581. The highest BCUT2D eigenvalue weighted by atomic mass is 35.5. The topological polar surface area (TPSA) is 62.9 Å². The third-order valence-electron chi connectivity index (χ3n) is 8.74. The molecule has 0 aliphatic heterocycles. The lowest BCUT2D eigenvalue weighted by Gasteiger charge is -2.38. The molecule has 3 aromatic rings. The maximum atomic E-state index is 6.74. The van der Waals surface area contributed by atoms with Crippen LogP contribution in [-0.4, -0.2) is 24.9 Å². The van der Waals surface area contributed by atoms with Crippen molar-refractivity contribution in [3.05, 3.63) is 95.6 Å². The molecule has 274 valence electrons. The predicted octanol–water partition coefficient (Wildman–Crippen LogP) is 11.4. The molecule has 3 aromatic carbocycles. The zero-order valence-electron chi connectivity index (χ0n) is 32.5. The van der Waals surface area contributed by atoms with E-state index in [-0.39, 0.29) is 40.6 Å². The maximum absolute atomic E-state index is 6.74. The Morgan fingerprint density at radius 1 is 0.551 bits per heavy atom. The summed E-state index contributed by atoms with van der Waals surface area (Å²) in [6.45, 7) is 27.2. The summed E-state index contributed by atoms with van der Waals surface area (Å²) < 4.78 is 26.4. The molecular formula is C43H66ClNO4. The average molecular weight is 696 g/mol. The molecule has 3 rings (SSSR count). The third-order valence-corrected chi connectivity index (χ3v) is 8.74. The second-order valence-corrected chi connectivity index (χ2v) is 17.2. The van der Waals surface area contributed by atoms with Crippen LogP contribution in [0.25, 0.3) is 0 Å². The van der Waals surface area contributed by atoms with Crippen molar-refractivity contribution >= 4 is 12.4 Å². The van der Waals surface area contributed by atoms with Crippen molar-refractivity contribution in [2.45, 2.75) is 144 Å². The lowest BCUT2D eigenvalue weighted by molar-refractivity contribution is -0.326. The summed E-state index contributed by atoms with van der Waals surface area (Å²) in [6.07, 6.45) is 2.68. The van der Waals surface area contributed by atoms with Crippen molar-refractivity contribution in [1.82, 2.24) is 0 Å². The van der Waals surface area contributed by atoms with Gasteiger partial charge in [-0.3, -0.25) is 0 Å². The Balaban J connectivity index is 0.00000833. The largest absolute Gasteiger partial charge is 0.465 e. The van der Waals surface area contributed by atoms with Crippen LogP contribution in [0.1, 0.15) is 125 Å². The van der Waals surface area contributed by atoms with E-state index >= 15 is 0 Å². The van der Waals surface area contributed by atoms with Crippen LogP contribution in [0.5, 0.6) is 11.5 Å². The molecular weight excluding hydrogens is 630 g/mol. The van der Waals surface area contributed by atoms with Crippen LogP contribution >= 0.6 is 12.4 Å². The average Bonchev–Trinajstić information content (AvgIpc) is 2.99. The van der Waals surface area contributed by atoms with Crippen LogP contribution in [0.4, 0.5) is 0 Å². The van der Waals surface area contributed by atoms with E-state index in [0.717, 1.165) is 29.9 Å². The number of ether oxygens (including phenoxy) is 4. The van der Waals surface area contributed by atoms with Crippen LogP contribution < -0.4 is 15.2 Å². The number of hydrogen-bond acceptors (Lipinski definition) is 5. The summed E-state index contributed by atoms with van der Waals surface area (Å²) in [7, 11) is 0. The summed E-state index contributed by atoms with van der Waals surface area (Å²) in [5, 5.41) is 0. The van der Waals surface area contributed by atoms with Crippen molar-refractivity contribution in [3.63, 3.8) is 0 Å². The third kappa shape index (κ3) is 13.6. The molecule has 2 unspecified atom stereocenters. The standard InChI is InChI=1S/C43H65NO4.ClH/c1-13-37(45-35-24-20-33(21-25-35)41(9,10)29-39(3,4)5)47-43(31-44,28-32-18-16-15-17-19-32)48-38(14-2)46-36-26-22-34(23-27-36)42(11,12)30-40(6,7)8;/h15-27,37-38H,13-14,28-31,44H2,1-12H3;1H. The maximum Gasteiger partial charge on any atom is 0.202 e. The molecule has 2 N–H and O–H groups in total. The first-order valence-electron chi connectivity index (χ1n) is 17.9. The van der Waals surface area contributed by atoms with Gasteiger partial charge in [0.2, 0.25) is 12.6 Å². The minimum absolute atomic E-state index is 0. The van der Waals surface area contributed by atoms with Gasteiger partial charge in [0.05, 0.1) is 0 Å². The second kappa shape index (κ2) is 17.6. The highest BCUT2D eigenvalue weighted by Gasteiger charge is 2.38. The van der Waals surface area contributed by atoms with Gasteiger partial charge in [-0.25, -0.2) is 0 Å². The van der Waals surface area contributed by atoms with E-state index in [2.05, 4.69) is 106 Å². The Hall–Kier alpha value is -2.57. The first-order valence-corrected chi connectivity index (χ1v) is 17.9. The minimum atomic E-state index is -1.17. The van der Waals surface area contributed by atoms with Crippen molar-refractivity contribution < 1.29 is 18.9 Å². The lowest BCUT2D eigenvalue weighted by atomic mass is 9.72. The summed E-state index contributed by atoms with van der Waals surface area (Å²) >= 11 is 0. The van der Waals surface area contributed by atoms with E-state index < -0.39 is 18.4 Å². The first-order chi connectivity index (χ1) is 22.3. The van der Waals surface area contributed by atoms with Gasteiger partial charge in [-0.2, -0.15) is 0 Å². The Labute approximate surface area is 305 Å². The molecule has 0 spiro atoms. The monoisotopic (exact) mass is 695 g/mol. The molecule has 0 aliphatic carbocycles. The van der Waals surface area contributed by atoms with Crippen LogP contribution in [0.2, 0.25) is 0 Å². The fourth-order valence-electron chi connectivity index (χ4n) is 7.18. The molecule has 0 fully saturated rings. The van der Waals surface area contributed by atoms with Crippen LogP contribution in [0, 0.1) is 10.8 Å². The molecule has 5 nitrogen and oxygen atoms in total. The molecule has 0 radical (unpaired) electrons. The Morgan fingerprint density at radius 3 is 1.22 bits per heavy atom. The molecule has 0 amide bonds. The lowest BCUT2D eigenvalue weighted by Crippen LogP contribution is -2.51. The van der Waals surface area contributed by atoms with Gasteiger partial charge in [-0.05, 0) is 75.5 Å². The van der Waals surface area contributed by atoms with Crippen molar-refractivity contribution in [2.75, 3.05) is 6.54 Å². The number of halogens is 1. The SMILES string of the molecule is CCC(Oc1ccc(C(C)(C)CC(C)(C)C)cc1)OC(CN)(Cc1ccccc1)OC(CC)Oc1ccc(C(C)(C)CC(C)(C)C)cc1.Cl. The van der Waals surface area contributed by atoms with Gasteiger partial charge in [0.15, 0.2) is 5.79 Å². The molecule has 0 aromatic heterocycles. The molecule has 2 atom stereocenters. The second-order valence-electron chi connectivity index (χ2n) is 17.2. The van der Waals surface area contributed by atoms with Gasteiger partial charge in [-0.15, -0.1) is 12.4 Å². The zero-order valence-corrected chi connectivity index (χ0v) is 33.3. The predicted molar refractivity (Wildman–Crippen MR) is 208 cm³/mol. The van der Waals surface area contributed by atoms with E-state index in [1.165, 1.54) is 11.1 Å². The summed E-state index contributed by atoms with van der Waals surface area (Å²) in [6, 6.07) is 27.0. The fourth-order valence-corrected chi connectivity index (χ4v) is 7.18. The molecule has 0 heterocycles. The summed E-state index contributed by atoms with van der Waals surface area (Å²) in [4.78, 5) is 0. The van der Waals surface area contributed by atoms with Gasteiger partial charge >= 0.3 is 0 Å². The van der Waals surface area contributed by atoms with E-state index in [0.29, 0.717) is 19.3 Å². The van der Waals surface area contributed by atoms with Crippen molar-refractivity contribution in [2.24, 2.45) is 16.6 Å². The van der Waals surface area contributed by atoms with Gasteiger partial charge < -0.3 is 24.7 Å². The van der Waals surface area contributed by atoms with Crippen molar-refractivity contribution in [3.8, 4) is 11.5 Å². The number of benzene rings is 3. The normalized spacial score (nSPS) is 15.1. The Kier molecular flexibility index (Phi) is 15.3. The highest BCUT2D eigenvalue weighted by Crippen LogP contribution is 2.38.